The molecular formula is C11H14N2O4. The highest BCUT2D eigenvalue weighted by Crippen LogP contribution is 2.20. The summed E-state index contributed by atoms with van der Waals surface area (Å²) in [7, 11) is 0. The molecule has 0 aliphatic carbocycles. The number of nitrogens with zero attached hydrogens (tertiary/aromatic N) is 2. The second-order valence-corrected chi connectivity index (χ2v) is 4.19. The molecule has 92 valence electrons. The third-order valence-electron chi connectivity index (χ3n) is 3.00. The molecule has 1 aliphatic heterocycles. The fourth-order valence-electron chi connectivity index (χ4n) is 2.06. The van der Waals surface area contributed by atoms with Crippen LogP contribution in [0.1, 0.15) is 35.3 Å². The zero-order chi connectivity index (χ0) is 12.4. The van der Waals surface area contributed by atoms with Crippen molar-refractivity contribution in [3.05, 3.63) is 17.5 Å². The summed E-state index contributed by atoms with van der Waals surface area (Å²) in [6.07, 6.45) is 3.54. The van der Waals surface area contributed by atoms with Crippen molar-refractivity contribution in [2.45, 2.75) is 32.2 Å². The number of hydrogen-bond donors (Lipinski definition) is 1. The van der Waals surface area contributed by atoms with Crippen LogP contribution in [-0.4, -0.2) is 39.6 Å². The highest BCUT2D eigenvalue weighted by atomic mass is 16.5. The monoisotopic (exact) mass is 238 g/mol. The lowest BCUT2D eigenvalue weighted by Gasteiger charge is -2.32. The first-order valence-corrected chi connectivity index (χ1v) is 5.56. The van der Waals surface area contributed by atoms with Crippen molar-refractivity contribution < 1.29 is 19.2 Å². The van der Waals surface area contributed by atoms with Gasteiger partial charge in [-0.15, -0.1) is 0 Å². The first-order chi connectivity index (χ1) is 8.11. The molecule has 17 heavy (non-hydrogen) atoms. The normalized spacial score (nSPS) is 20.3. The number of hydrogen-bond acceptors (Lipinski definition) is 4. The number of aliphatic carboxylic acids is 1. The van der Waals surface area contributed by atoms with Gasteiger partial charge in [-0.25, -0.2) is 4.79 Å². The van der Waals surface area contributed by atoms with E-state index < -0.39 is 12.0 Å². The predicted molar refractivity (Wildman–Crippen MR) is 57.6 cm³/mol. The Labute approximate surface area is 98.2 Å². The minimum atomic E-state index is -0.959. The Morgan fingerprint density at radius 1 is 1.53 bits per heavy atom. The van der Waals surface area contributed by atoms with Crippen molar-refractivity contribution in [2.24, 2.45) is 0 Å². The third-order valence-corrected chi connectivity index (χ3v) is 3.00. The van der Waals surface area contributed by atoms with E-state index in [0.717, 1.165) is 12.8 Å². The lowest BCUT2D eigenvalue weighted by Crippen LogP contribution is -2.48. The summed E-state index contributed by atoms with van der Waals surface area (Å²) in [6, 6.07) is -0.743. The van der Waals surface area contributed by atoms with Crippen molar-refractivity contribution in [1.82, 2.24) is 10.1 Å². The molecule has 0 aromatic carbocycles. The minimum Gasteiger partial charge on any atom is -0.480 e. The zero-order valence-electron chi connectivity index (χ0n) is 9.55. The largest absolute Gasteiger partial charge is 0.480 e. The number of rotatable bonds is 2. The van der Waals surface area contributed by atoms with E-state index in [-0.39, 0.29) is 11.6 Å². The number of aryl methyl sites for hydroxylation is 1. The first kappa shape index (κ1) is 11.6. The number of carboxylic acids is 1. The molecule has 1 aromatic rings. The van der Waals surface area contributed by atoms with E-state index >= 15 is 0 Å². The van der Waals surface area contributed by atoms with Gasteiger partial charge >= 0.3 is 5.97 Å². The highest BCUT2D eigenvalue weighted by molar-refractivity contribution is 5.96. The van der Waals surface area contributed by atoms with Crippen molar-refractivity contribution in [2.75, 3.05) is 6.54 Å². The minimum absolute atomic E-state index is 0.207. The molecule has 0 spiro atoms. The number of amides is 1. The number of carbonyl (C=O) groups excluding carboxylic acids is 1. The Balaban J connectivity index is 2.23. The molecule has 0 bridgehead atoms. The Bertz CT molecular complexity index is 440. The SMILES string of the molecule is Cc1conc1C(=O)N1CCCCC1C(=O)O. The summed E-state index contributed by atoms with van der Waals surface area (Å²) in [5.74, 6) is -1.32. The summed E-state index contributed by atoms with van der Waals surface area (Å²) >= 11 is 0. The Hall–Kier alpha value is -1.85. The second kappa shape index (κ2) is 4.57. The molecule has 2 rings (SSSR count). The molecule has 1 N–H and O–H groups in total. The van der Waals surface area contributed by atoms with Gasteiger partial charge in [-0.1, -0.05) is 5.16 Å². The summed E-state index contributed by atoms with van der Waals surface area (Å²) in [6.45, 7) is 2.17. The molecule has 6 nitrogen and oxygen atoms in total. The smallest absolute Gasteiger partial charge is 0.326 e. The fourth-order valence-corrected chi connectivity index (χ4v) is 2.06. The molecule has 1 fully saturated rings. The van der Waals surface area contributed by atoms with E-state index in [0.29, 0.717) is 18.5 Å². The van der Waals surface area contributed by atoms with Crippen molar-refractivity contribution >= 4 is 11.9 Å². The summed E-state index contributed by atoms with van der Waals surface area (Å²) in [4.78, 5) is 24.6. The van der Waals surface area contributed by atoms with Crippen molar-refractivity contribution in [3.63, 3.8) is 0 Å². The van der Waals surface area contributed by atoms with Crippen LogP contribution in [0.15, 0.2) is 10.8 Å². The third kappa shape index (κ3) is 2.15. The molecular weight excluding hydrogens is 224 g/mol. The fraction of sp³-hybridized carbons (Fsp3) is 0.545. The van der Waals surface area contributed by atoms with E-state index in [2.05, 4.69) is 5.16 Å². The average molecular weight is 238 g/mol. The van der Waals surface area contributed by atoms with Gasteiger partial charge in [0.05, 0.1) is 0 Å². The highest BCUT2D eigenvalue weighted by Gasteiger charge is 2.34. The van der Waals surface area contributed by atoms with Crippen molar-refractivity contribution in [3.8, 4) is 0 Å². The lowest BCUT2D eigenvalue weighted by atomic mass is 10.0. The Morgan fingerprint density at radius 2 is 2.29 bits per heavy atom. The molecule has 1 atom stereocenters. The molecule has 0 radical (unpaired) electrons. The van der Waals surface area contributed by atoms with Gasteiger partial charge in [0.2, 0.25) is 0 Å². The Kier molecular flexibility index (Phi) is 3.12. The van der Waals surface area contributed by atoms with Crippen molar-refractivity contribution in [1.29, 1.82) is 0 Å². The number of likely N-dealkylation sites (tertiary alicyclic amines) is 1. The Morgan fingerprint density at radius 3 is 2.88 bits per heavy atom. The molecule has 1 saturated heterocycles. The number of carbonyl (C=O) groups is 2. The van der Waals surface area contributed by atoms with Crippen LogP contribution < -0.4 is 0 Å². The van der Waals surface area contributed by atoms with Crippen LogP contribution in [0.4, 0.5) is 0 Å². The van der Waals surface area contributed by atoms with Gasteiger partial charge in [-0.3, -0.25) is 4.79 Å². The number of carboxylic acid groups (broad SMARTS) is 1. The van der Waals surface area contributed by atoms with Crippen LogP contribution in [0, 0.1) is 6.92 Å². The summed E-state index contributed by atoms with van der Waals surface area (Å²) < 4.78 is 4.71. The maximum Gasteiger partial charge on any atom is 0.326 e. The average Bonchev–Trinajstić information content (AvgIpc) is 2.74. The lowest BCUT2D eigenvalue weighted by molar-refractivity contribution is -0.143. The van der Waals surface area contributed by atoms with Crippen LogP contribution in [0.2, 0.25) is 0 Å². The number of aromatic nitrogens is 1. The van der Waals surface area contributed by atoms with Gasteiger partial charge in [-0.2, -0.15) is 0 Å². The molecule has 1 aliphatic rings. The topological polar surface area (TPSA) is 83.6 Å². The van der Waals surface area contributed by atoms with E-state index in [1.165, 1.54) is 11.2 Å². The molecule has 2 heterocycles. The van der Waals surface area contributed by atoms with E-state index in [1.807, 2.05) is 0 Å². The molecule has 1 amide bonds. The van der Waals surface area contributed by atoms with Crippen LogP contribution in [0.5, 0.6) is 0 Å². The maximum atomic E-state index is 12.1. The molecule has 1 aromatic heterocycles. The van der Waals surface area contributed by atoms with Gasteiger partial charge < -0.3 is 14.5 Å². The second-order valence-electron chi connectivity index (χ2n) is 4.19. The van der Waals surface area contributed by atoms with Crippen LogP contribution in [0.25, 0.3) is 0 Å². The molecule has 6 heteroatoms. The van der Waals surface area contributed by atoms with Gasteiger partial charge in [0, 0.05) is 12.1 Å². The van der Waals surface area contributed by atoms with Gasteiger partial charge in [0.25, 0.3) is 5.91 Å². The van der Waals surface area contributed by atoms with Gasteiger partial charge in [-0.05, 0) is 26.2 Å². The first-order valence-electron chi connectivity index (χ1n) is 5.56. The predicted octanol–water partition coefficient (Wildman–Crippen LogP) is 1.06. The molecule has 0 saturated carbocycles. The van der Waals surface area contributed by atoms with Crippen LogP contribution >= 0.6 is 0 Å². The maximum absolute atomic E-state index is 12.1. The van der Waals surface area contributed by atoms with E-state index in [4.69, 9.17) is 9.63 Å². The van der Waals surface area contributed by atoms with Gasteiger partial charge in [0.1, 0.15) is 12.3 Å². The van der Waals surface area contributed by atoms with E-state index in [9.17, 15) is 9.59 Å². The summed E-state index contributed by atoms with van der Waals surface area (Å²) in [5.41, 5.74) is 0.836. The van der Waals surface area contributed by atoms with Gasteiger partial charge in [0.15, 0.2) is 5.69 Å². The quantitative estimate of drug-likeness (QED) is 0.832. The van der Waals surface area contributed by atoms with Crippen LogP contribution in [0.3, 0.4) is 0 Å². The molecule has 1 unspecified atom stereocenters. The standard InChI is InChI=1S/C11H14N2O4/c1-7-6-17-12-9(7)10(14)13-5-3-2-4-8(13)11(15)16/h6,8H,2-5H2,1H3,(H,15,16). The van der Waals surface area contributed by atoms with E-state index in [1.54, 1.807) is 6.92 Å². The summed E-state index contributed by atoms with van der Waals surface area (Å²) in [5, 5.41) is 12.7. The zero-order valence-corrected chi connectivity index (χ0v) is 9.55. The van der Waals surface area contributed by atoms with Crippen LogP contribution in [-0.2, 0) is 4.79 Å². The number of piperidine rings is 1.